The van der Waals surface area contributed by atoms with Crippen LogP contribution in [0.5, 0.6) is 5.75 Å². The first kappa shape index (κ1) is 19.0. The molecule has 0 bridgehead atoms. The van der Waals surface area contributed by atoms with Crippen molar-refractivity contribution in [2.45, 2.75) is 25.8 Å². The van der Waals surface area contributed by atoms with Crippen molar-refractivity contribution in [3.8, 4) is 5.75 Å². The number of aromatic nitrogens is 1. The topological polar surface area (TPSA) is 71.5 Å². The Labute approximate surface area is 159 Å². The van der Waals surface area contributed by atoms with E-state index in [1.807, 2.05) is 12.1 Å². The van der Waals surface area contributed by atoms with Gasteiger partial charge >= 0.3 is 0 Å². The van der Waals surface area contributed by atoms with Crippen LogP contribution in [0.1, 0.15) is 40.5 Å². The maximum Gasteiger partial charge on any atom is 0.253 e. The Hall–Kier alpha value is -2.73. The lowest BCUT2D eigenvalue weighted by atomic mass is 10.1. The number of nitrogens with one attached hydrogen (secondary N) is 1. The lowest BCUT2D eigenvalue weighted by molar-refractivity contribution is 0.0936. The van der Waals surface area contributed by atoms with E-state index < -0.39 is 0 Å². The van der Waals surface area contributed by atoms with E-state index in [-0.39, 0.29) is 17.7 Å². The van der Waals surface area contributed by atoms with E-state index in [0.29, 0.717) is 17.7 Å². The fraction of sp³-hybridized carbons (Fsp3) is 0.381. The van der Waals surface area contributed by atoms with Crippen molar-refractivity contribution in [2.75, 3.05) is 26.2 Å². The lowest BCUT2D eigenvalue weighted by Crippen LogP contribution is -2.37. The molecule has 0 spiro atoms. The van der Waals surface area contributed by atoms with Crippen molar-refractivity contribution in [2.24, 2.45) is 0 Å². The molecule has 27 heavy (non-hydrogen) atoms. The van der Waals surface area contributed by atoms with Crippen LogP contribution < -0.4 is 10.1 Å². The maximum atomic E-state index is 12.2. The fourth-order valence-electron chi connectivity index (χ4n) is 3.18. The molecule has 2 heterocycles. The number of carbonyl (C=O) groups is 2. The summed E-state index contributed by atoms with van der Waals surface area (Å²) in [6.45, 7) is 4.95. The molecule has 0 unspecified atom stereocenters. The SMILES string of the molecule is CC(=O)c1ccc(OCCCN2CC[C@H](NC(=O)c3cccnc3)C2)cc1. The summed E-state index contributed by atoms with van der Waals surface area (Å²) in [5, 5.41) is 3.08. The molecule has 0 radical (unpaired) electrons. The fourth-order valence-corrected chi connectivity index (χ4v) is 3.18. The first-order chi connectivity index (χ1) is 13.1. The highest BCUT2D eigenvalue weighted by Crippen LogP contribution is 2.14. The maximum absolute atomic E-state index is 12.2. The third-order valence-corrected chi connectivity index (χ3v) is 4.68. The Bertz CT molecular complexity index is 762. The molecule has 3 rings (SSSR count). The van der Waals surface area contributed by atoms with Gasteiger partial charge in [-0.05, 0) is 56.2 Å². The second-order valence-corrected chi connectivity index (χ2v) is 6.78. The van der Waals surface area contributed by atoms with Gasteiger partial charge in [-0.2, -0.15) is 0 Å². The summed E-state index contributed by atoms with van der Waals surface area (Å²) in [6.07, 6.45) is 5.12. The minimum absolute atomic E-state index is 0.0563. The van der Waals surface area contributed by atoms with Gasteiger partial charge in [0.25, 0.3) is 5.91 Å². The van der Waals surface area contributed by atoms with Gasteiger partial charge in [-0.25, -0.2) is 0 Å². The van der Waals surface area contributed by atoms with Crippen molar-refractivity contribution in [1.29, 1.82) is 0 Å². The van der Waals surface area contributed by atoms with E-state index in [9.17, 15) is 9.59 Å². The zero-order valence-electron chi connectivity index (χ0n) is 15.6. The van der Waals surface area contributed by atoms with Gasteiger partial charge in [0, 0.05) is 43.6 Å². The molecule has 2 aromatic rings. The number of ketones is 1. The molecule has 1 aromatic heterocycles. The molecule has 1 saturated heterocycles. The molecule has 1 N–H and O–H groups in total. The normalized spacial score (nSPS) is 16.9. The average molecular weight is 367 g/mol. The summed E-state index contributed by atoms with van der Waals surface area (Å²) in [6, 6.07) is 10.9. The predicted molar refractivity (Wildman–Crippen MR) is 103 cm³/mol. The van der Waals surface area contributed by atoms with Gasteiger partial charge in [-0.3, -0.25) is 14.6 Å². The van der Waals surface area contributed by atoms with E-state index in [0.717, 1.165) is 38.2 Å². The second-order valence-electron chi connectivity index (χ2n) is 6.78. The van der Waals surface area contributed by atoms with Crippen molar-refractivity contribution >= 4 is 11.7 Å². The molecule has 6 nitrogen and oxygen atoms in total. The number of amides is 1. The van der Waals surface area contributed by atoms with Crippen molar-refractivity contribution < 1.29 is 14.3 Å². The van der Waals surface area contributed by atoms with E-state index in [1.165, 1.54) is 0 Å². The number of carbonyl (C=O) groups excluding carboxylic acids is 2. The van der Waals surface area contributed by atoms with Crippen LogP contribution in [0.15, 0.2) is 48.8 Å². The lowest BCUT2D eigenvalue weighted by Gasteiger charge is -2.17. The van der Waals surface area contributed by atoms with Crippen molar-refractivity contribution in [1.82, 2.24) is 15.2 Å². The Kier molecular flexibility index (Phi) is 6.54. The first-order valence-electron chi connectivity index (χ1n) is 9.29. The third-order valence-electron chi connectivity index (χ3n) is 4.68. The molecule has 142 valence electrons. The van der Waals surface area contributed by atoms with Crippen LogP contribution in [0.3, 0.4) is 0 Å². The monoisotopic (exact) mass is 367 g/mol. The smallest absolute Gasteiger partial charge is 0.253 e. The first-order valence-corrected chi connectivity index (χ1v) is 9.29. The van der Waals surface area contributed by atoms with Crippen LogP contribution in [0.2, 0.25) is 0 Å². The standard InChI is InChI=1S/C21H25N3O3/c1-16(25)17-5-7-20(8-6-17)27-13-3-11-24-12-9-19(15-24)23-21(26)18-4-2-10-22-14-18/h2,4-8,10,14,19H,3,9,11-13,15H2,1H3,(H,23,26)/t19-/m0/s1. The van der Waals surface area contributed by atoms with Gasteiger partial charge in [0.05, 0.1) is 12.2 Å². The van der Waals surface area contributed by atoms with Gasteiger partial charge in [-0.15, -0.1) is 0 Å². The molecule has 1 amide bonds. The third kappa shape index (κ3) is 5.62. The summed E-state index contributed by atoms with van der Waals surface area (Å²) in [5.41, 5.74) is 1.29. The Morgan fingerprint density at radius 2 is 2.04 bits per heavy atom. The van der Waals surface area contributed by atoms with Gasteiger partial charge in [0.2, 0.25) is 0 Å². The number of Topliss-reactive ketones (excluding diaryl/α,β-unsaturated/α-hetero) is 1. The van der Waals surface area contributed by atoms with Gasteiger partial charge in [-0.1, -0.05) is 0 Å². The Balaban J connectivity index is 1.34. The van der Waals surface area contributed by atoms with Crippen LogP contribution in [-0.2, 0) is 0 Å². The van der Waals surface area contributed by atoms with Gasteiger partial charge in [0.15, 0.2) is 5.78 Å². The van der Waals surface area contributed by atoms with E-state index >= 15 is 0 Å². The summed E-state index contributed by atoms with van der Waals surface area (Å²) in [5.74, 6) is 0.774. The van der Waals surface area contributed by atoms with E-state index in [4.69, 9.17) is 4.74 Å². The highest BCUT2D eigenvalue weighted by molar-refractivity contribution is 5.94. The van der Waals surface area contributed by atoms with E-state index in [1.54, 1.807) is 43.6 Å². The summed E-state index contributed by atoms with van der Waals surface area (Å²) < 4.78 is 5.74. The zero-order chi connectivity index (χ0) is 19.1. The van der Waals surface area contributed by atoms with Crippen LogP contribution in [0, 0.1) is 0 Å². The summed E-state index contributed by atoms with van der Waals surface area (Å²) >= 11 is 0. The Morgan fingerprint density at radius 3 is 2.74 bits per heavy atom. The molecular weight excluding hydrogens is 342 g/mol. The van der Waals surface area contributed by atoms with E-state index in [2.05, 4.69) is 15.2 Å². The minimum Gasteiger partial charge on any atom is -0.494 e. The molecule has 1 aliphatic heterocycles. The van der Waals surface area contributed by atoms with Crippen molar-refractivity contribution in [3.63, 3.8) is 0 Å². The van der Waals surface area contributed by atoms with Crippen LogP contribution in [0.25, 0.3) is 0 Å². The number of benzene rings is 1. The highest BCUT2D eigenvalue weighted by atomic mass is 16.5. The molecule has 0 aliphatic carbocycles. The number of pyridine rings is 1. The molecule has 1 aliphatic rings. The summed E-state index contributed by atoms with van der Waals surface area (Å²) in [7, 11) is 0. The largest absolute Gasteiger partial charge is 0.494 e. The van der Waals surface area contributed by atoms with Gasteiger partial charge in [0.1, 0.15) is 5.75 Å². The predicted octanol–water partition coefficient (Wildman–Crippen LogP) is 2.56. The van der Waals surface area contributed by atoms with Crippen LogP contribution in [0.4, 0.5) is 0 Å². The average Bonchev–Trinajstić information content (AvgIpc) is 3.13. The number of hydrogen-bond acceptors (Lipinski definition) is 5. The number of ether oxygens (including phenoxy) is 1. The van der Waals surface area contributed by atoms with Crippen LogP contribution in [-0.4, -0.2) is 53.9 Å². The molecule has 6 heteroatoms. The molecule has 0 saturated carbocycles. The molecule has 1 aromatic carbocycles. The van der Waals surface area contributed by atoms with Crippen molar-refractivity contribution in [3.05, 3.63) is 59.9 Å². The van der Waals surface area contributed by atoms with Crippen LogP contribution >= 0.6 is 0 Å². The quantitative estimate of drug-likeness (QED) is 0.573. The summed E-state index contributed by atoms with van der Waals surface area (Å²) in [4.78, 5) is 29.8. The second kappa shape index (κ2) is 9.28. The molecule has 1 atom stereocenters. The Morgan fingerprint density at radius 1 is 1.22 bits per heavy atom. The number of rotatable bonds is 8. The molecular formula is C21H25N3O3. The molecule has 1 fully saturated rings. The number of hydrogen-bond donors (Lipinski definition) is 1. The highest BCUT2D eigenvalue weighted by Gasteiger charge is 2.23. The minimum atomic E-state index is -0.0627. The zero-order valence-corrected chi connectivity index (χ0v) is 15.6. The number of likely N-dealkylation sites (tertiary alicyclic amines) is 1. The van der Waals surface area contributed by atoms with Gasteiger partial charge < -0.3 is 15.0 Å². The number of nitrogens with zero attached hydrogens (tertiary/aromatic N) is 2.